The average Bonchev–Trinajstić information content (AvgIpc) is 2.99. The van der Waals surface area contributed by atoms with Crippen LogP contribution in [0.2, 0.25) is 10.0 Å². The molecule has 0 aromatic carbocycles. The van der Waals surface area contributed by atoms with Crippen molar-refractivity contribution in [1.82, 2.24) is 19.6 Å². The highest BCUT2D eigenvalue weighted by Gasteiger charge is 2.19. The number of hydrogen-bond acceptors (Lipinski definition) is 6. The molecule has 0 aliphatic carbocycles. The maximum absolute atomic E-state index is 11.8. The molecule has 0 amide bonds. The van der Waals surface area contributed by atoms with E-state index in [0.29, 0.717) is 0 Å². The van der Waals surface area contributed by atoms with Crippen LogP contribution in [0.4, 0.5) is 0 Å². The first-order chi connectivity index (χ1) is 10.4. The molecule has 0 bridgehead atoms. The fraction of sp³-hybridized carbons (Fsp3) is 0.333. The van der Waals surface area contributed by atoms with E-state index in [4.69, 9.17) is 32.7 Å². The Bertz CT molecular complexity index is 710. The zero-order valence-electron chi connectivity index (χ0n) is 11.7. The standard InChI is InChI=1S/C12H12Cl2N4O4/c1-3-21-11(19)10-8(14)5-18(16-10)6-22-12(20)9-7(13)4-17(2)15-9/h4-5H,3,6H2,1-2H3. The molecule has 22 heavy (non-hydrogen) atoms. The smallest absolute Gasteiger partial charge is 0.362 e. The zero-order valence-corrected chi connectivity index (χ0v) is 13.3. The summed E-state index contributed by atoms with van der Waals surface area (Å²) in [7, 11) is 1.63. The number of esters is 2. The topological polar surface area (TPSA) is 88.2 Å². The lowest BCUT2D eigenvalue weighted by atomic mass is 10.4. The van der Waals surface area contributed by atoms with E-state index in [2.05, 4.69) is 10.2 Å². The molecule has 0 saturated carbocycles. The van der Waals surface area contributed by atoms with Crippen LogP contribution < -0.4 is 0 Å². The Hall–Kier alpha value is -2.06. The molecule has 0 aliphatic heterocycles. The van der Waals surface area contributed by atoms with Gasteiger partial charge in [-0.05, 0) is 6.92 Å². The molecule has 0 saturated heterocycles. The summed E-state index contributed by atoms with van der Waals surface area (Å²) >= 11 is 11.7. The fourth-order valence-corrected chi connectivity index (χ4v) is 2.08. The quantitative estimate of drug-likeness (QED) is 0.768. The van der Waals surface area contributed by atoms with E-state index in [1.807, 2.05) is 0 Å². The van der Waals surface area contributed by atoms with Crippen molar-refractivity contribution in [2.45, 2.75) is 13.7 Å². The van der Waals surface area contributed by atoms with E-state index >= 15 is 0 Å². The largest absolute Gasteiger partial charge is 0.461 e. The van der Waals surface area contributed by atoms with Crippen molar-refractivity contribution in [3.63, 3.8) is 0 Å². The number of hydrogen-bond donors (Lipinski definition) is 0. The van der Waals surface area contributed by atoms with Gasteiger partial charge in [0.05, 0.1) is 16.7 Å². The van der Waals surface area contributed by atoms with Crippen molar-refractivity contribution in [3.8, 4) is 0 Å². The zero-order chi connectivity index (χ0) is 16.3. The summed E-state index contributed by atoms with van der Waals surface area (Å²) in [6.45, 7) is 1.63. The Kier molecular flexibility index (Phi) is 5.04. The molecule has 118 valence electrons. The Balaban J connectivity index is 2.03. The van der Waals surface area contributed by atoms with Crippen molar-refractivity contribution < 1.29 is 19.1 Å². The maximum Gasteiger partial charge on any atom is 0.362 e. The Morgan fingerprint density at radius 3 is 2.27 bits per heavy atom. The molecule has 0 aliphatic rings. The number of ether oxygens (including phenoxy) is 2. The van der Waals surface area contributed by atoms with Gasteiger partial charge in [0.2, 0.25) is 0 Å². The summed E-state index contributed by atoms with van der Waals surface area (Å²) < 4.78 is 12.4. The fourth-order valence-electron chi connectivity index (χ4n) is 1.59. The second-order valence-electron chi connectivity index (χ2n) is 4.15. The monoisotopic (exact) mass is 346 g/mol. The Labute approximate surface area is 135 Å². The normalized spacial score (nSPS) is 10.5. The summed E-state index contributed by atoms with van der Waals surface area (Å²) in [5.74, 6) is -1.36. The van der Waals surface area contributed by atoms with Gasteiger partial charge in [-0.1, -0.05) is 23.2 Å². The van der Waals surface area contributed by atoms with Crippen LogP contribution in [0.3, 0.4) is 0 Å². The van der Waals surface area contributed by atoms with Crippen molar-refractivity contribution in [2.75, 3.05) is 6.61 Å². The molecule has 2 aromatic heterocycles. The number of rotatable bonds is 5. The molecule has 2 aromatic rings. The molecule has 8 nitrogen and oxygen atoms in total. The van der Waals surface area contributed by atoms with Gasteiger partial charge in [-0.3, -0.25) is 4.68 Å². The molecule has 2 rings (SSSR count). The summed E-state index contributed by atoms with van der Waals surface area (Å²) in [5, 5.41) is 8.06. The van der Waals surface area contributed by atoms with E-state index in [-0.39, 0.29) is 34.8 Å². The van der Waals surface area contributed by atoms with Gasteiger partial charge in [-0.15, -0.1) is 0 Å². The lowest BCUT2D eigenvalue weighted by Gasteiger charge is -2.03. The number of carbonyl (C=O) groups is 2. The number of carbonyl (C=O) groups excluding carboxylic acids is 2. The minimum atomic E-state index is -0.713. The van der Waals surface area contributed by atoms with Crippen LogP contribution in [0, 0.1) is 0 Å². The number of nitrogens with zero attached hydrogens (tertiary/aromatic N) is 4. The van der Waals surface area contributed by atoms with Gasteiger partial charge >= 0.3 is 11.9 Å². The molecule has 0 radical (unpaired) electrons. The van der Waals surface area contributed by atoms with Gasteiger partial charge < -0.3 is 9.47 Å². The minimum absolute atomic E-state index is 0.00645. The van der Waals surface area contributed by atoms with Crippen molar-refractivity contribution >= 4 is 35.1 Å². The third kappa shape index (κ3) is 3.58. The van der Waals surface area contributed by atoms with E-state index in [1.54, 1.807) is 14.0 Å². The summed E-state index contributed by atoms with van der Waals surface area (Å²) in [6.07, 6.45) is 2.82. The molecule has 0 N–H and O–H groups in total. The van der Waals surface area contributed by atoms with Crippen molar-refractivity contribution in [1.29, 1.82) is 0 Å². The van der Waals surface area contributed by atoms with E-state index in [9.17, 15) is 9.59 Å². The maximum atomic E-state index is 11.8. The van der Waals surface area contributed by atoms with Crippen LogP contribution in [-0.4, -0.2) is 38.1 Å². The molecule has 0 spiro atoms. The summed E-state index contributed by atoms with van der Waals surface area (Å²) in [6, 6.07) is 0. The van der Waals surface area contributed by atoms with E-state index < -0.39 is 11.9 Å². The first-order valence-electron chi connectivity index (χ1n) is 6.18. The second-order valence-corrected chi connectivity index (χ2v) is 4.96. The molecular formula is C12H12Cl2N4O4. The van der Waals surface area contributed by atoms with Gasteiger partial charge in [-0.25, -0.2) is 14.3 Å². The second kappa shape index (κ2) is 6.80. The molecule has 0 fully saturated rings. The van der Waals surface area contributed by atoms with Crippen molar-refractivity contribution in [2.24, 2.45) is 7.05 Å². The average molecular weight is 347 g/mol. The number of aryl methyl sites for hydroxylation is 1. The van der Waals surface area contributed by atoms with Crippen LogP contribution >= 0.6 is 23.2 Å². The molecule has 2 heterocycles. The third-order valence-electron chi connectivity index (χ3n) is 2.49. The number of halogens is 2. The highest BCUT2D eigenvalue weighted by Crippen LogP contribution is 2.16. The lowest BCUT2D eigenvalue weighted by Crippen LogP contribution is -2.13. The van der Waals surface area contributed by atoms with Crippen LogP contribution in [0.15, 0.2) is 12.4 Å². The summed E-state index contributed by atoms with van der Waals surface area (Å²) in [5.41, 5.74) is -0.0523. The predicted molar refractivity (Wildman–Crippen MR) is 76.8 cm³/mol. The van der Waals surface area contributed by atoms with E-state index in [1.165, 1.54) is 21.8 Å². The molecular weight excluding hydrogens is 335 g/mol. The van der Waals surface area contributed by atoms with Gasteiger partial charge in [0.1, 0.15) is 0 Å². The van der Waals surface area contributed by atoms with Gasteiger partial charge in [0.15, 0.2) is 18.1 Å². The predicted octanol–water partition coefficient (Wildman–Crippen LogP) is 1.91. The Morgan fingerprint density at radius 1 is 1.09 bits per heavy atom. The number of aromatic nitrogens is 4. The first-order valence-corrected chi connectivity index (χ1v) is 6.94. The van der Waals surface area contributed by atoms with E-state index in [0.717, 1.165) is 0 Å². The van der Waals surface area contributed by atoms with Crippen LogP contribution in [0.1, 0.15) is 27.9 Å². The minimum Gasteiger partial charge on any atom is -0.461 e. The highest BCUT2D eigenvalue weighted by atomic mass is 35.5. The lowest BCUT2D eigenvalue weighted by molar-refractivity contribution is 0.0340. The molecule has 0 atom stereocenters. The summed E-state index contributed by atoms with van der Waals surface area (Å²) in [4.78, 5) is 23.4. The third-order valence-corrected chi connectivity index (χ3v) is 3.04. The van der Waals surface area contributed by atoms with Gasteiger partial charge in [0, 0.05) is 19.4 Å². The highest BCUT2D eigenvalue weighted by molar-refractivity contribution is 6.33. The molecule has 0 unspecified atom stereocenters. The Morgan fingerprint density at radius 2 is 1.68 bits per heavy atom. The molecule has 10 heteroatoms. The first kappa shape index (κ1) is 16.3. The SMILES string of the molecule is CCOC(=O)c1nn(COC(=O)c2nn(C)cc2Cl)cc1Cl. The van der Waals surface area contributed by atoms with Crippen LogP contribution in [0.5, 0.6) is 0 Å². The van der Waals surface area contributed by atoms with Crippen LogP contribution in [0.25, 0.3) is 0 Å². The van der Waals surface area contributed by atoms with Gasteiger partial charge in [-0.2, -0.15) is 10.2 Å². The van der Waals surface area contributed by atoms with Crippen molar-refractivity contribution in [3.05, 3.63) is 33.8 Å². The van der Waals surface area contributed by atoms with Gasteiger partial charge in [0.25, 0.3) is 0 Å². The van der Waals surface area contributed by atoms with Crippen LogP contribution in [-0.2, 0) is 23.3 Å².